The molecule has 0 bridgehead atoms. The number of carbonyl (C=O) groups is 1. The zero-order valence-electron chi connectivity index (χ0n) is 21.7. The Morgan fingerprint density at radius 1 is 1.19 bits per heavy atom. The number of likely N-dealkylation sites (tertiary alicyclic amines) is 1. The topological polar surface area (TPSA) is 60.2 Å². The molecule has 1 aliphatic heterocycles. The van der Waals surface area contributed by atoms with Crippen molar-refractivity contribution in [1.29, 1.82) is 0 Å². The Morgan fingerprint density at radius 3 is 2.62 bits per heavy atom. The number of carbonyl (C=O) groups excluding carboxylic acids is 1. The van der Waals surface area contributed by atoms with E-state index in [0.29, 0.717) is 30.6 Å². The number of amides is 1. The van der Waals surface area contributed by atoms with Crippen molar-refractivity contribution >= 4 is 45.3 Å². The summed E-state index contributed by atoms with van der Waals surface area (Å²) in [5, 5.41) is 0.715. The average molecular weight is 584 g/mol. The van der Waals surface area contributed by atoms with Crippen LogP contribution in [0.2, 0.25) is 5.02 Å². The Bertz CT molecular complexity index is 1350. The molecular weight excluding hydrogens is 552 g/mol. The number of allylic oxidation sites excluding steroid dienone is 1. The summed E-state index contributed by atoms with van der Waals surface area (Å²) in [6.45, 7) is 9.75. The Hall–Kier alpha value is -2.64. The number of imidazole rings is 1. The van der Waals surface area contributed by atoms with E-state index in [9.17, 15) is 4.79 Å². The number of aromatic nitrogens is 3. The molecule has 1 atom stereocenters. The second-order valence-corrected chi connectivity index (χ2v) is 12.3. The minimum absolute atomic E-state index is 0.0915. The van der Waals surface area contributed by atoms with E-state index in [1.165, 1.54) is 11.1 Å². The van der Waals surface area contributed by atoms with Crippen LogP contribution in [-0.2, 0) is 11.3 Å². The lowest BCUT2D eigenvalue weighted by atomic mass is 9.76. The molecule has 2 aliphatic rings. The quantitative estimate of drug-likeness (QED) is 0.324. The number of halogens is 2. The summed E-state index contributed by atoms with van der Waals surface area (Å²) in [6.07, 6.45) is 9.50. The van der Waals surface area contributed by atoms with Gasteiger partial charge in [0.15, 0.2) is 0 Å². The molecule has 1 aromatic carbocycles. The van der Waals surface area contributed by atoms with Crippen molar-refractivity contribution in [1.82, 2.24) is 19.4 Å². The maximum absolute atomic E-state index is 12.7. The number of nitrogens with zero attached hydrogens (tertiary/aromatic N) is 4. The van der Waals surface area contributed by atoms with E-state index in [1.807, 2.05) is 57.3 Å². The first-order valence-corrected chi connectivity index (χ1v) is 13.9. The number of fused-ring (bicyclic) bond motifs is 2. The highest BCUT2D eigenvalue weighted by molar-refractivity contribution is 9.10. The molecule has 2 aromatic heterocycles. The van der Waals surface area contributed by atoms with Crippen molar-refractivity contribution in [3.63, 3.8) is 0 Å². The molecule has 6 nitrogen and oxygen atoms in total. The second kappa shape index (κ2) is 10.3. The van der Waals surface area contributed by atoms with Gasteiger partial charge in [0.05, 0.1) is 5.69 Å². The highest BCUT2D eigenvalue weighted by Gasteiger charge is 2.36. The summed E-state index contributed by atoms with van der Waals surface area (Å²) in [4.78, 5) is 24.0. The van der Waals surface area contributed by atoms with Crippen LogP contribution in [0, 0.1) is 12.8 Å². The van der Waals surface area contributed by atoms with E-state index in [1.54, 1.807) is 0 Å². The largest absolute Gasteiger partial charge is 0.444 e. The highest BCUT2D eigenvalue weighted by Crippen LogP contribution is 2.45. The van der Waals surface area contributed by atoms with Crippen molar-refractivity contribution in [3.8, 4) is 0 Å². The van der Waals surface area contributed by atoms with Crippen LogP contribution >= 0.6 is 27.5 Å². The predicted octanol–water partition coefficient (Wildman–Crippen LogP) is 7.34. The van der Waals surface area contributed by atoms with Gasteiger partial charge in [-0.15, -0.1) is 0 Å². The summed E-state index contributed by atoms with van der Waals surface area (Å²) >= 11 is 10.2. The van der Waals surface area contributed by atoms with Crippen LogP contribution in [0.3, 0.4) is 0 Å². The lowest BCUT2D eigenvalue weighted by molar-refractivity contribution is 0.0178. The van der Waals surface area contributed by atoms with Crippen LogP contribution in [0.25, 0.3) is 11.6 Å². The molecule has 8 heteroatoms. The minimum atomic E-state index is -0.501. The molecule has 3 aromatic rings. The van der Waals surface area contributed by atoms with Crippen molar-refractivity contribution in [2.24, 2.45) is 5.92 Å². The number of hydrogen-bond acceptors (Lipinski definition) is 4. The third-order valence-electron chi connectivity index (χ3n) is 7.17. The number of piperidine rings is 1. The zero-order chi connectivity index (χ0) is 26.3. The molecule has 0 saturated carbocycles. The van der Waals surface area contributed by atoms with Gasteiger partial charge in [0, 0.05) is 59.2 Å². The maximum Gasteiger partial charge on any atom is 0.410 e. The van der Waals surface area contributed by atoms with Gasteiger partial charge in [-0.05, 0) is 103 Å². The first kappa shape index (κ1) is 26.0. The first-order valence-electron chi connectivity index (χ1n) is 12.7. The van der Waals surface area contributed by atoms with Crippen LogP contribution in [0.1, 0.15) is 67.7 Å². The lowest BCUT2D eigenvalue weighted by Gasteiger charge is -2.37. The summed E-state index contributed by atoms with van der Waals surface area (Å²) in [6, 6.07) is 8.36. The van der Waals surface area contributed by atoms with E-state index in [0.717, 1.165) is 40.0 Å². The molecular formula is C29H32BrClN4O2. The van der Waals surface area contributed by atoms with E-state index >= 15 is 0 Å². The van der Waals surface area contributed by atoms with Crippen LogP contribution in [0.4, 0.5) is 4.79 Å². The molecule has 0 N–H and O–H groups in total. The fourth-order valence-electron chi connectivity index (χ4n) is 5.43. The second-order valence-electron chi connectivity index (χ2n) is 10.9. The van der Waals surface area contributed by atoms with E-state index < -0.39 is 5.60 Å². The summed E-state index contributed by atoms with van der Waals surface area (Å²) in [5.41, 5.74) is 5.22. The molecule has 1 amide bonds. The summed E-state index contributed by atoms with van der Waals surface area (Å²) in [5.74, 6) is 1.38. The van der Waals surface area contributed by atoms with E-state index in [2.05, 4.69) is 49.8 Å². The van der Waals surface area contributed by atoms with Crippen LogP contribution in [0.5, 0.6) is 0 Å². The predicted molar refractivity (Wildman–Crippen MR) is 151 cm³/mol. The van der Waals surface area contributed by atoms with Crippen LogP contribution in [-0.4, -0.2) is 44.2 Å². The third-order valence-corrected chi connectivity index (χ3v) is 7.84. The van der Waals surface area contributed by atoms with Crippen molar-refractivity contribution in [2.75, 3.05) is 13.1 Å². The standard InChI is InChI=1S/C29H32BrClN4O2/c1-18-32-9-12-35(18)17-21-13-20-14-23(31)5-6-24(20)26(27-25(21)15-22(30)16-33-27)19-7-10-34(11-8-19)28(36)37-29(2,3)4/h5-6,9,12-16,19,26H,7-8,10-11,17H2,1-4H3. The molecule has 5 rings (SSSR count). The highest BCUT2D eigenvalue weighted by atomic mass is 79.9. The Morgan fingerprint density at radius 2 is 1.95 bits per heavy atom. The molecule has 3 heterocycles. The van der Waals surface area contributed by atoms with E-state index in [-0.39, 0.29) is 12.0 Å². The Kier molecular flexibility index (Phi) is 7.20. The first-order chi connectivity index (χ1) is 17.6. The third kappa shape index (κ3) is 5.63. The van der Waals surface area contributed by atoms with Gasteiger partial charge in [-0.2, -0.15) is 0 Å². The van der Waals surface area contributed by atoms with Gasteiger partial charge in [0.1, 0.15) is 11.4 Å². The van der Waals surface area contributed by atoms with Gasteiger partial charge in [-0.1, -0.05) is 17.7 Å². The normalized spacial score (nSPS) is 18.1. The van der Waals surface area contributed by atoms with Gasteiger partial charge in [-0.3, -0.25) is 4.98 Å². The fourth-order valence-corrected chi connectivity index (χ4v) is 5.94. The maximum atomic E-state index is 12.7. The minimum Gasteiger partial charge on any atom is -0.444 e. The number of aryl methyl sites for hydroxylation is 1. The Balaban J connectivity index is 1.53. The van der Waals surface area contributed by atoms with Crippen molar-refractivity contribution in [2.45, 2.75) is 58.6 Å². The molecule has 0 spiro atoms. The summed E-state index contributed by atoms with van der Waals surface area (Å²) in [7, 11) is 0. The van der Waals surface area contributed by atoms with Crippen LogP contribution in [0.15, 0.2) is 47.3 Å². The lowest BCUT2D eigenvalue weighted by Crippen LogP contribution is -2.42. The van der Waals surface area contributed by atoms with E-state index in [4.69, 9.17) is 21.3 Å². The fraction of sp³-hybridized carbons (Fsp3) is 0.414. The van der Waals surface area contributed by atoms with Crippen molar-refractivity contribution < 1.29 is 9.53 Å². The average Bonchev–Trinajstić information content (AvgIpc) is 3.18. The number of benzene rings is 1. The number of rotatable bonds is 3. The van der Waals surface area contributed by atoms with Crippen molar-refractivity contribution in [3.05, 3.63) is 80.6 Å². The molecule has 37 heavy (non-hydrogen) atoms. The molecule has 194 valence electrons. The molecule has 1 fully saturated rings. The molecule has 0 radical (unpaired) electrons. The van der Waals surface area contributed by atoms with Gasteiger partial charge in [0.2, 0.25) is 0 Å². The van der Waals surface area contributed by atoms with Gasteiger partial charge in [-0.25, -0.2) is 9.78 Å². The summed E-state index contributed by atoms with van der Waals surface area (Å²) < 4.78 is 8.73. The van der Waals surface area contributed by atoms with Gasteiger partial charge >= 0.3 is 6.09 Å². The monoisotopic (exact) mass is 582 g/mol. The number of hydrogen-bond donors (Lipinski definition) is 0. The Labute approximate surface area is 231 Å². The smallest absolute Gasteiger partial charge is 0.410 e. The molecule has 1 saturated heterocycles. The van der Waals surface area contributed by atoms with Crippen LogP contribution < -0.4 is 0 Å². The van der Waals surface area contributed by atoms with Gasteiger partial charge in [0.25, 0.3) is 0 Å². The molecule has 1 aliphatic carbocycles. The number of pyridine rings is 1. The van der Waals surface area contributed by atoms with Gasteiger partial charge < -0.3 is 14.2 Å². The number of ether oxygens (including phenoxy) is 1. The molecule has 1 unspecified atom stereocenters. The zero-order valence-corrected chi connectivity index (χ0v) is 24.0. The SMILES string of the molecule is Cc1nccn1CC1=Cc2cc(Cl)ccc2C(C2CCN(C(=O)OC(C)(C)C)CC2)c2ncc(Br)cc21.